The molecule has 1 aliphatic carbocycles. The third-order valence-electron chi connectivity index (χ3n) is 3.28. The van der Waals surface area contributed by atoms with E-state index in [1.807, 2.05) is 0 Å². The molecule has 0 aliphatic heterocycles. The Bertz CT molecular complexity index is 548. The highest BCUT2D eigenvalue weighted by molar-refractivity contribution is 7.91. The first kappa shape index (κ1) is 14.0. The largest absolute Gasteiger partial charge is 0.384 e. The number of nitrogens with one attached hydrogen (secondary N) is 1. The number of amidine groups is 1. The Morgan fingerprint density at radius 1 is 1.32 bits per heavy atom. The molecular weight excluding hydrogens is 264 g/mol. The summed E-state index contributed by atoms with van der Waals surface area (Å²) in [6.07, 6.45) is 3.49. The number of nitrogens with two attached hydrogens (primary N) is 1. The highest BCUT2D eigenvalue weighted by atomic mass is 32.2. The molecular formula is C13H18N2O3S. The van der Waals surface area contributed by atoms with E-state index in [-0.39, 0.29) is 29.2 Å². The van der Waals surface area contributed by atoms with Crippen LogP contribution in [-0.4, -0.2) is 32.7 Å². The molecule has 0 atom stereocenters. The Labute approximate surface area is 113 Å². The molecule has 0 aromatic heterocycles. The Kier molecular flexibility index (Phi) is 4.21. The zero-order valence-electron chi connectivity index (χ0n) is 10.6. The lowest BCUT2D eigenvalue weighted by Gasteiger charge is -2.25. The van der Waals surface area contributed by atoms with Gasteiger partial charge in [-0.3, -0.25) is 5.41 Å². The molecule has 19 heavy (non-hydrogen) atoms. The fourth-order valence-electron chi connectivity index (χ4n) is 1.82. The molecule has 0 amide bonds. The van der Waals surface area contributed by atoms with Crippen LogP contribution in [0.25, 0.3) is 0 Å². The van der Waals surface area contributed by atoms with Gasteiger partial charge in [0, 0.05) is 5.56 Å². The van der Waals surface area contributed by atoms with Crippen molar-refractivity contribution >= 4 is 15.7 Å². The van der Waals surface area contributed by atoms with Gasteiger partial charge < -0.3 is 10.5 Å². The predicted octanol–water partition coefficient (Wildman–Crippen LogP) is 1.31. The zero-order chi connectivity index (χ0) is 13.9. The molecule has 1 saturated carbocycles. The van der Waals surface area contributed by atoms with Gasteiger partial charge in [0.05, 0.1) is 23.4 Å². The number of ether oxygens (including phenoxy) is 1. The van der Waals surface area contributed by atoms with Gasteiger partial charge in [0.15, 0.2) is 9.84 Å². The quantitative estimate of drug-likeness (QED) is 0.607. The van der Waals surface area contributed by atoms with E-state index in [2.05, 4.69) is 0 Å². The van der Waals surface area contributed by atoms with Crippen molar-refractivity contribution in [1.82, 2.24) is 0 Å². The van der Waals surface area contributed by atoms with E-state index in [9.17, 15) is 8.42 Å². The van der Waals surface area contributed by atoms with Crippen LogP contribution in [-0.2, 0) is 14.6 Å². The second kappa shape index (κ2) is 5.71. The first-order valence-electron chi connectivity index (χ1n) is 6.28. The van der Waals surface area contributed by atoms with Gasteiger partial charge in [-0.2, -0.15) is 0 Å². The molecule has 3 N–H and O–H groups in total. The zero-order valence-corrected chi connectivity index (χ0v) is 11.4. The minimum atomic E-state index is -3.32. The molecule has 104 valence electrons. The van der Waals surface area contributed by atoms with Crippen molar-refractivity contribution < 1.29 is 13.2 Å². The van der Waals surface area contributed by atoms with E-state index in [0.29, 0.717) is 5.56 Å². The minimum Gasteiger partial charge on any atom is -0.384 e. The van der Waals surface area contributed by atoms with E-state index < -0.39 is 9.84 Å². The molecule has 1 aromatic rings. The third kappa shape index (κ3) is 3.54. The SMILES string of the molecule is N=C(N)c1ccc(S(=O)(=O)CCOC2CCC2)cc1. The van der Waals surface area contributed by atoms with Crippen LogP contribution in [0.15, 0.2) is 29.2 Å². The lowest BCUT2D eigenvalue weighted by atomic mass is 9.96. The summed E-state index contributed by atoms with van der Waals surface area (Å²) in [6.45, 7) is 0.238. The lowest BCUT2D eigenvalue weighted by molar-refractivity contribution is 0.0110. The third-order valence-corrected chi connectivity index (χ3v) is 4.98. The van der Waals surface area contributed by atoms with Crippen LogP contribution in [0.4, 0.5) is 0 Å². The van der Waals surface area contributed by atoms with Crippen LogP contribution in [0.1, 0.15) is 24.8 Å². The van der Waals surface area contributed by atoms with Crippen LogP contribution < -0.4 is 5.73 Å². The first-order chi connectivity index (χ1) is 8.99. The number of nitrogen functional groups attached to an aromatic ring is 1. The van der Waals surface area contributed by atoms with Gasteiger partial charge >= 0.3 is 0 Å². The number of benzene rings is 1. The fourth-order valence-corrected chi connectivity index (χ4v) is 2.92. The van der Waals surface area contributed by atoms with Crippen LogP contribution in [0.5, 0.6) is 0 Å². The fraction of sp³-hybridized carbons (Fsp3) is 0.462. The van der Waals surface area contributed by atoms with E-state index in [4.69, 9.17) is 15.9 Å². The van der Waals surface area contributed by atoms with Crippen molar-refractivity contribution in [3.05, 3.63) is 29.8 Å². The molecule has 0 spiro atoms. The number of sulfone groups is 1. The number of hydrogen-bond donors (Lipinski definition) is 2. The maximum atomic E-state index is 12.0. The van der Waals surface area contributed by atoms with Gasteiger partial charge in [-0.05, 0) is 31.4 Å². The van der Waals surface area contributed by atoms with Gasteiger partial charge in [0.25, 0.3) is 0 Å². The van der Waals surface area contributed by atoms with Crippen LogP contribution in [0.2, 0.25) is 0 Å². The van der Waals surface area contributed by atoms with Crippen molar-refractivity contribution in [2.75, 3.05) is 12.4 Å². The average molecular weight is 282 g/mol. The molecule has 1 aromatic carbocycles. The second-order valence-electron chi connectivity index (χ2n) is 4.68. The smallest absolute Gasteiger partial charge is 0.180 e. The Balaban J connectivity index is 1.95. The second-order valence-corrected chi connectivity index (χ2v) is 6.79. The van der Waals surface area contributed by atoms with Crippen molar-refractivity contribution in [2.45, 2.75) is 30.3 Å². The van der Waals surface area contributed by atoms with Crippen LogP contribution >= 0.6 is 0 Å². The molecule has 1 aliphatic rings. The molecule has 6 heteroatoms. The lowest BCUT2D eigenvalue weighted by Crippen LogP contribution is -2.24. The Morgan fingerprint density at radius 2 is 1.95 bits per heavy atom. The minimum absolute atomic E-state index is 0.0110. The van der Waals surface area contributed by atoms with Gasteiger partial charge in [0.1, 0.15) is 5.84 Å². The van der Waals surface area contributed by atoms with Gasteiger partial charge in [-0.15, -0.1) is 0 Å². The van der Waals surface area contributed by atoms with Crippen molar-refractivity contribution in [3.63, 3.8) is 0 Å². The molecule has 0 saturated heterocycles. The summed E-state index contributed by atoms with van der Waals surface area (Å²) in [7, 11) is -3.32. The van der Waals surface area contributed by atoms with Gasteiger partial charge in [-0.25, -0.2) is 8.42 Å². The molecule has 1 fully saturated rings. The highest BCUT2D eigenvalue weighted by Crippen LogP contribution is 2.22. The number of hydrogen-bond acceptors (Lipinski definition) is 4. The van der Waals surface area contributed by atoms with Crippen molar-refractivity contribution in [1.29, 1.82) is 5.41 Å². The van der Waals surface area contributed by atoms with Crippen molar-refractivity contribution in [2.24, 2.45) is 5.73 Å². The predicted molar refractivity (Wildman–Crippen MR) is 73.1 cm³/mol. The summed E-state index contributed by atoms with van der Waals surface area (Å²) in [6, 6.07) is 6.05. The highest BCUT2D eigenvalue weighted by Gasteiger charge is 2.20. The molecule has 5 nitrogen and oxygen atoms in total. The summed E-state index contributed by atoms with van der Waals surface area (Å²) in [5, 5.41) is 7.26. The first-order valence-corrected chi connectivity index (χ1v) is 7.93. The Morgan fingerprint density at radius 3 is 2.42 bits per heavy atom. The monoisotopic (exact) mass is 282 g/mol. The summed E-state index contributed by atoms with van der Waals surface area (Å²) < 4.78 is 29.5. The summed E-state index contributed by atoms with van der Waals surface area (Å²) >= 11 is 0. The molecule has 0 unspecified atom stereocenters. The summed E-state index contributed by atoms with van der Waals surface area (Å²) in [5.74, 6) is -0.0830. The Hall–Kier alpha value is -1.40. The molecule has 0 radical (unpaired) electrons. The summed E-state index contributed by atoms with van der Waals surface area (Å²) in [4.78, 5) is 0.245. The van der Waals surface area contributed by atoms with Crippen LogP contribution in [0.3, 0.4) is 0 Å². The molecule has 0 bridgehead atoms. The van der Waals surface area contributed by atoms with E-state index in [0.717, 1.165) is 12.8 Å². The van der Waals surface area contributed by atoms with E-state index in [1.165, 1.54) is 18.6 Å². The number of rotatable bonds is 6. The summed E-state index contributed by atoms with van der Waals surface area (Å²) in [5.41, 5.74) is 5.84. The van der Waals surface area contributed by atoms with E-state index >= 15 is 0 Å². The van der Waals surface area contributed by atoms with Crippen LogP contribution in [0, 0.1) is 5.41 Å². The van der Waals surface area contributed by atoms with E-state index in [1.54, 1.807) is 12.1 Å². The van der Waals surface area contributed by atoms with Gasteiger partial charge in [-0.1, -0.05) is 12.1 Å². The topological polar surface area (TPSA) is 93.2 Å². The van der Waals surface area contributed by atoms with Gasteiger partial charge in [0.2, 0.25) is 0 Å². The van der Waals surface area contributed by atoms with Crippen molar-refractivity contribution in [3.8, 4) is 0 Å². The molecule has 0 heterocycles. The average Bonchev–Trinajstić information content (AvgIpc) is 2.32. The standard InChI is InChI=1S/C13H18N2O3S/c14-13(15)10-4-6-12(7-5-10)19(16,17)9-8-18-11-2-1-3-11/h4-7,11H,1-3,8-9H2,(H3,14,15). The maximum absolute atomic E-state index is 12.0. The maximum Gasteiger partial charge on any atom is 0.180 e. The molecule has 2 rings (SSSR count). The normalized spacial score (nSPS) is 16.0.